The van der Waals surface area contributed by atoms with Crippen molar-refractivity contribution in [3.05, 3.63) is 63.9 Å². The summed E-state index contributed by atoms with van der Waals surface area (Å²) in [6.07, 6.45) is 3.10. The molecule has 0 spiro atoms. The van der Waals surface area contributed by atoms with E-state index in [-0.39, 0.29) is 11.4 Å². The van der Waals surface area contributed by atoms with Crippen molar-refractivity contribution >= 4 is 33.8 Å². The number of nitro groups is 1. The van der Waals surface area contributed by atoms with Gasteiger partial charge in [0.25, 0.3) is 5.69 Å². The highest BCUT2D eigenvalue weighted by Crippen LogP contribution is 2.34. The molecule has 3 aromatic rings. The first kappa shape index (κ1) is 19.9. The third-order valence-corrected chi connectivity index (χ3v) is 4.52. The van der Waals surface area contributed by atoms with Gasteiger partial charge in [-0.2, -0.15) is 0 Å². The molecule has 1 amide bonds. The third kappa shape index (κ3) is 4.06. The number of hydrogen-bond acceptors (Lipinski definition) is 6. The van der Waals surface area contributed by atoms with Gasteiger partial charge in [0.2, 0.25) is 5.91 Å². The number of ether oxygens (including phenoxy) is 2. The van der Waals surface area contributed by atoms with E-state index in [9.17, 15) is 14.9 Å². The molecule has 0 bridgehead atoms. The van der Waals surface area contributed by atoms with Crippen molar-refractivity contribution in [2.24, 2.45) is 0 Å². The van der Waals surface area contributed by atoms with Crippen LogP contribution >= 0.6 is 0 Å². The number of nitro benzene ring substituents is 1. The number of non-ortho nitro benzene ring substituents is 1. The molecule has 1 heterocycles. The summed E-state index contributed by atoms with van der Waals surface area (Å²) in [5.41, 5.74) is 3.34. The Morgan fingerprint density at radius 3 is 2.55 bits per heavy atom. The summed E-state index contributed by atoms with van der Waals surface area (Å²) < 4.78 is 16.1. The minimum absolute atomic E-state index is 0.125. The second kappa shape index (κ2) is 8.05. The molecule has 0 saturated carbocycles. The summed E-state index contributed by atoms with van der Waals surface area (Å²) in [5.74, 6) is 0.383. The molecule has 0 fully saturated rings. The molecule has 0 atom stereocenters. The lowest BCUT2D eigenvalue weighted by Crippen LogP contribution is -2.10. The smallest absolute Gasteiger partial charge is 0.273 e. The first-order valence-electron chi connectivity index (χ1n) is 8.72. The van der Waals surface area contributed by atoms with E-state index in [4.69, 9.17) is 13.9 Å². The molecule has 3 rings (SSSR count). The molecular weight excluding hydrogens is 376 g/mol. The number of benzene rings is 2. The molecule has 150 valence electrons. The number of anilines is 1. The number of carbonyl (C=O) groups excluding carboxylic acids is 1. The topological polar surface area (TPSA) is 104 Å². The summed E-state index contributed by atoms with van der Waals surface area (Å²) in [4.78, 5) is 22.9. The van der Waals surface area contributed by atoms with Gasteiger partial charge >= 0.3 is 0 Å². The van der Waals surface area contributed by atoms with Crippen LogP contribution in [0.1, 0.15) is 18.1 Å². The molecule has 0 radical (unpaired) electrons. The molecule has 0 unspecified atom stereocenters. The minimum atomic E-state index is -0.529. The molecular formula is C21H20N2O6. The summed E-state index contributed by atoms with van der Waals surface area (Å²) in [6.45, 7) is 3.74. The maximum Gasteiger partial charge on any atom is 0.273 e. The van der Waals surface area contributed by atoms with Gasteiger partial charge < -0.3 is 19.2 Å². The molecule has 1 aromatic heterocycles. The van der Waals surface area contributed by atoms with Gasteiger partial charge in [-0.05, 0) is 37.1 Å². The van der Waals surface area contributed by atoms with Crippen LogP contribution in [-0.4, -0.2) is 25.1 Å². The van der Waals surface area contributed by atoms with Gasteiger partial charge in [0.05, 0.1) is 37.2 Å². The van der Waals surface area contributed by atoms with E-state index in [1.165, 1.54) is 31.4 Å². The number of fused-ring (bicyclic) bond motifs is 1. The highest BCUT2D eigenvalue weighted by atomic mass is 16.6. The predicted octanol–water partition coefficient (Wildman–Crippen LogP) is 4.71. The maximum absolute atomic E-state index is 12.5. The summed E-state index contributed by atoms with van der Waals surface area (Å²) in [6, 6.07) is 7.68. The lowest BCUT2D eigenvalue weighted by atomic mass is 10.0. The van der Waals surface area contributed by atoms with Crippen LogP contribution in [0, 0.1) is 17.0 Å². The van der Waals surface area contributed by atoms with Gasteiger partial charge in [-0.25, -0.2) is 0 Å². The van der Waals surface area contributed by atoms with Crippen LogP contribution in [0.2, 0.25) is 0 Å². The van der Waals surface area contributed by atoms with Crippen LogP contribution in [0.25, 0.3) is 16.5 Å². The highest BCUT2D eigenvalue weighted by Gasteiger charge is 2.15. The van der Waals surface area contributed by atoms with Crippen LogP contribution in [0.15, 0.2) is 47.1 Å². The first-order valence-corrected chi connectivity index (χ1v) is 8.72. The quantitative estimate of drug-likeness (QED) is 0.368. The zero-order chi connectivity index (χ0) is 21.1. The second-order valence-corrected chi connectivity index (χ2v) is 6.43. The number of furan rings is 1. The van der Waals surface area contributed by atoms with Crippen LogP contribution < -0.4 is 14.8 Å². The van der Waals surface area contributed by atoms with Crippen LogP contribution in [0.5, 0.6) is 11.5 Å². The lowest BCUT2D eigenvalue weighted by Gasteiger charge is -2.11. The lowest BCUT2D eigenvalue weighted by molar-refractivity contribution is -0.384. The number of nitrogens with zero attached hydrogens (tertiary/aromatic N) is 1. The van der Waals surface area contributed by atoms with Gasteiger partial charge in [0, 0.05) is 29.2 Å². The van der Waals surface area contributed by atoms with E-state index < -0.39 is 10.8 Å². The van der Waals surface area contributed by atoms with Gasteiger partial charge in [-0.15, -0.1) is 0 Å². The van der Waals surface area contributed by atoms with Crippen molar-refractivity contribution in [3.63, 3.8) is 0 Å². The van der Waals surface area contributed by atoms with Crippen LogP contribution in [0.4, 0.5) is 11.4 Å². The van der Waals surface area contributed by atoms with E-state index in [1.807, 2.05) is 13.0 Å². The third-order valence-electron chi connectivity index (χ3n) is 4.52. The van der Waals surface area contributed by atoms with E-state index in [1.54, 1.807) is 26.4 Å². The zero-order valence-corrected chi connectivity index (χ0v) is 16.4. The number of nitrogens with one attached hydrogen (secondary N) is 1. The van der Waals surface area contributed by atoms with Crippen LogP contribution in [-0.2, 0) is 4.79 Å². The Hall–Kier alpha value is -3.81. The van der Waals surface area contributed by atoms with Crippen molar-refractivity contribution in [1.29, 1.82) is 0 Å². The maximum atomic E-state index is 12.5. The van der Waals surface area contributed by atoms with Gasteiger partial charge in [0.1, 0.15) is 17.1 Å². The van der Waals surface area contributed by atoms with E-state index in [2.05, 4.69) is 5.32 Å². The average molecular weight is 396 g/mol. The van der Waals surface area contributed by atoms with Gasteiger partial charge in [-0.3, -0.25) is 14.9 Å². The van der Waals surface area contributed by atoms with Crippen LogP contribution in [0.3, 0.4) is 0 Å². The Bertz CT molecular complexity index is 1130. The molecule has 1 N–H and O–H groups in total. The normalized spacial score (nSPS) is 11.4. The fourth-order valence-electron chi connectivity index (χ4n) is 3.00. The van der Waals surface area contributed by atoms with Gasteiger partial charge in [0.15, 0.2) is 0 Å². The number of aryl methyl sites for hydroxylation is 1. The van der Waals surface area contributed by atoms with Crippen molar-refractivity contribution in [1.82, 2.24) is 0 Å². The Morgan fingerprint density at radius 2 is 1.90 bits per heavy atom. The number of methoxy groups -OCH3 is 2. The largest absolute Gasteiger partial charge is 0.496 e. The van der Waals surface area contributed by atoms with Crippen molar-refractivity contribution in [3.8, 4) is 11.5 Å². The number of rotatable bonds is 6. The fourth-order valence-corrected chi connectivity index (χ4v) is 3.00. The standard InChI is InChI=1S/C21H20N2O6/c1-12(15-9-16-13(2)11-29-19(16)10-18(15)27-3)7-21(24)22-17-6-5-14(23(25)26)8-20(17)28-4/h5-11H,1-4H3,(H,22,24)/b12-7+. The summed E-state index contributed by atoms with van der Waals surface area (Å²) in [7, 11) is 2.93. The number of carbonyl (C=O) groups is 1. The predicted molar refractivity (Wildman–Crippen MR) is 109 cm³/mol. The Kier molecular flexibility index (Phi) is 5.54. The second-order valence-electron chi connectivity index (χ2n) is 6.43. The van der Waals surface area contributed by atoms with Crippen molar-refractivity contribution < 1.29 is 23.6 Å². The molecule has 0 aliphatic heterocycles. The molecule has 8 heteroatoms. The molecule has 0 saturated heterocycles. The van der Waals surface area contributed by atoms with Crippen molar-refractivity contribution in [2.45, 2.75) is 13.8 Å². The zero-order valence-electron chi connectivity index (χ0n) is 16.4. The van der Waals surface area contributed by atoms with E-state index >= 15 is 0 Å². The highest BCUT2D eigenvalue weighted by molar-refractivity contribution is 6.05. The molecule has 29 heavy (non-hydrogen) atoms. The number of allylic oxidation sites excluding steroid dienone is 1. The Labute approximate surface area is 166 Å². The molecule has 2 aromatic carbocycles. The SMILES string of the molecule is COc1cc([N+](=O)[O-])ccc1NC(=O)/C=C(\C)c1cc2c(C)coc2cc1OC. The summed E-state index contributed by atoms with van der Waals surface area (Å²) in [5, 5.41) is 14.5. The minimum Gasteiger partial charge on any atom is -0.496 e. The number of amides is 1. The van der Waals surface area contributed by atoms with Gasteiger partial charge in [-0.1, -0.05) is 0 Å². The number of hydrogen-bond donors (Lipinski definition) is 1. The Morgan fingerprint density at radius 1 is 1.17 bits per heavy atom. The van der Waals surface area contributed by atoms with E-state index in [0.717, 1.165) is 16.5 Å². The molecule has 0 aliphatic carbocycles. The Balaban J connectivity index is 1.90. The average Bonchev–Trinajstić information content (AvgIpc) is 3.06. The monoisotopic (exact) mass is 396 g/mol. The molecule has 0 aliphatic rings. The van der Waals surface area contributed by atoms with Crippen molar-refractivity contribution in [2.75, 3.05) is 19.5 Å². The summed E-state index contributed by atoms with van der Waals surface area (Å²) >= 11 is 0. The first-order chi connectivity index (χ1) is 13.8. The molecule has 8 nitrogen and oxygen atoms in total. The fraction of sp³-hybridized carbons (Fsp3) is 0.190. The van der Waals surface area contributed by atoms with E-state index in [0.29, 0.717) is 22.6 Å².